The predicted molar refractivity (Wildman–Crippen MR) is 96.6 cm³/mol. The SMILES string of the molecule is NC(=O)COc1cccc(-c2nccn2Cc2cccn3nccc23)c1. The van der Waals surface area contributed by atoms with Crippen LogP contribution >= 0.6 is 0 Å². The van der Waals surface area contributed by atoms with Crippen LogP contribution in [0.15, 0.2) is 67.3 Å². The summed E-state index contributed by atoms with van der Waals surface area (Å²) in [6, 6.07) is 13.5. The third-order valence-corrected chi connectivity index (χ3v) is 4.05. The van der Waals surface area contributed by atoms with E-state index in [0.29, 0.717) is 12.3 Å². The van der Waals surface area contributed by atoms with Gasteiger partial charge < -0.3 is 15.0 Å². The molecule has 0 aliphatic heterocycles. The van der Waals surface area contributed by atoms with E-state index in [0.717, 1.165) is 22.5 Å². The number of hydrogen-bond donors (Lipinski definition) is 1. The lowest BCUT2D eigenvalue weighted by Gasteiger charge is -2.11. The lowest BCUT2D eigenvalue weighted by molar-refractivity contribution is -0.119. The fraction of sp³-hybridized carbons (Fsp3) is 0.105. The summed E-state index contributed by atoms with van der Waals surface area (Å²) in [5.74, 6) is 0.885. The Balaban J connectivity index is 1.64. The van der Waals surface area contributed by atoms with Gasteiger partial charge in [0, 0.05) is 30.4 Å². The topological polar surface area (TPSA) is 87.4 Å². The Labute approximate surface area is 149 Å². The van der Waals surface area contributed by atoms with Crippen LogP contribution in [0.5, 0.6) is 5.75 Å². The van der Waals surface area contributed by atoms with Crippen LogP contribution in [0, 0.1) is 0 Å². The lowest BCUT2D eigenvalue weighted by atomic mass is 10.2. The van der Waals surface area contributed by atoms with Crippen molar-refractivity contribution in [1.29, 1.82) is 0 Å². The highest BCUT2D eigenvalue weighted by Gasteiger charge is 2.10. The molecule has 0 atom stereocenters. The molecule has 0 fully saturated rings. The number of hydrogen-bond acceptors (Lipinski definition) is 4. The largest absolute Gasteiger partial charge is 0.484 e. The minimum atomic E-state index is -0.509. The number of pyridine rings is 1. The molecule has 0 saturated heterocycles. The average Bonchev–Trinajstić information content (AvgIpc) is 3.30. The molecule has 1 amide bonds. The second-order valence-corrected chi connectivity index (χ2v) is 5.86. The number of ether oxygens (including phenoxy) is 1. The van der Waals surface area contributed by atoms with Crippen LogP contribution in [0.1, 0.15) is 5.56 Å². The summed E-state index contributed by atoms with van der Waals surface area (Å²) in [5.41, 5.74) is 8.24. The molecular formula is C19H17N5O2. The minimum Gasteiger partial charge on any atom is -0.484 e. The fourth-order valence-electron chi connectivity index (χ4n) is 2.91. The van der Waals surface area contributed by atoms with Gasteiger partial charge >= 0.3 is 0 Å². The van der Waals surface area contributed by atoms with Gasteiger partial charge in [-0.15, -0.1) is 0 Å². The number of primary amides is 1. The molecule has 3 aromatic heterocycles. The highest BCUT2D eigenvalue weighted by atomic mass is 16.5. The molecule has 4 rings (SSSR count). The maximum Gasteiger partial charge on any atom is 0.255 e. The molecular weight excluding hydrogens is 330 g/mol. The van der Waals surface area contributed by atoms with Crippen LogP contribution in [0.4, 0.5) is 0 Å². The maximum absolute atomic E-state index is 10.9. The molecule has 26 heavy (non-hydrogen) atoms. The normalized spacial score (nSPS) is 10.9. The van der Waals surface area contributed by atoms with Crippen molar-refractivity contribution >= 4 is 11.4 Å². The number of rotatable bonds is 6. The molecule has 130 valence electrons. The first-order chi connectivity index (χ1) is 12.7. The van der Waals surface area contributed by atoms with Crippen LogP contribution < -0.4 is 10.5 Å². The molecule has 0 radical (unpaired) electrons. The van der Waals surface area contributed by atoms with Gasteiger partial charge in [-0.05, 0) is 29.8 Å². The van der Waals surface area contributed by atoms with Gasteiger partial charge in [0.05, 0.1) is 12.1 Å². The monoisotopic (exact) mass is 347 g/mol. The summed E-state index contributed by atoms with van der Waals surface area (Å²) in [6.07, 6.45) is 7.41. The third-order valence-electron chi connectivity index (χ3n) is 4.05. The Kier molecular flexibility index (Phi) is 4.10. The molecule has 4 aromatic rings. The highest BCUT2D eigenvalue weighted by molar-refractivity contribution is 5.75. The third kappa shape index (κ3) is 3.14. The molecule has 0 unspecified atom stereocenters. The van der Waals surface area contributed by atoms with Crippen molar-refractivity contribution in [1.82, 2.24) is 19.2 Å². The zero-order valence-corrected chi connectivity index (χ0v) is 13.9. The molecule has 0 aliphatic rings. The van der Waals surface area contributed by atoms with Crippen molar-refractivity contribution in [2.24, 2.45) is 5.73 Å². The smallest absolute Gasteiger partial charge is 0.255 e. The van der Waals surface area contributed by atoms with E-state index in [1.54, 1.807) is 18.5 Å². The summed E-state index contributed by atoms with van der Waals surface area (Å²) in [5, 5.41) is 4.27. The summed E-state index contributed by atoms with van der Waals surface area (Å²) in [4.78, 5) is 15.4. The van der Waals surface area contributed by atoms with E-state index < -0.39 is 5.91 Å². The lowest BCUT2D eigenvalue weighted by Crippen LogP contribution is -2.20. The molecule has 7 nitrogen and oxygen atoms in total. The molecule has 0 spiro atoms. The number of fused-ring (bicyclic) bond motifs is 1. The van der Waals surface area contributed by atoms with Crippen molar-refractivity contribution in [2.45, 2.75) is 6.54 Å². The van der Waals surface area contributed by atoms with Crippen LogP contribution in [-0.2, 0) is 11.3 Å². The summed E-state index contributed by atoms with van der Waals surface area (Å²) in [6.45, 7) is 0.513. The second-order valence-electron chi connectivity index (χ2n) is 5.86. The zero-order valence-electron chi connectivity index (χ0n) is 13.9. The first-order valence-electron chi connectivity index (χ1n) is 8.14. The number of nitrogens with two attached hydrogens (primary N) is 1. The van der Waals surface area contributed by atoms with Gasteiger partial charge in [-0.2, -0.15) is 5.10 Å². The Morgan fingerprint density at radius 1 is 1.12 bits per heavy atom. The summed E-state index contributed by atoms with van der Waals surface area (Å²) in [7, 11) is 0. The van der Waals surface area contributed by atoms with E-state index in [1.165, 1.54) is 0 Å². The van der Waals surface area contributed by atoms with Gasteiger partial charge in [0.2, 0.25) is 0 Å². The maximum atomic E-state index is 10.9. The number of nitrogens with zero attached hydrogens (tertiary/aromatic N) is 4. The zero-order chi connectivity index (χ0) is 17.9. The van der Waals surface area contributed by atoms with Crippen LogP contribution in [0.2, 0.25) is 0 Å². The highest BCUT2D eigenvalue weighted by Crippen LogP contribution is 2.24. The predicted octanol–water partition coefficient (Wildman–Crippen LogP) is 2.11. The Bertz CT molecular complexity index is 1070. The standard InChI is InChI=1S/C19H17N5O2/c20-18(25)13-26-16-5-1-3-14(11-16)19-21-8-10-23(19)12-15-4-2-9-24-17(15)6-7-22-24/h1-11H,12-13H2,(H2,20,25). The Hall–Kier alpha value is -3.61. The van der Waals surface area contributed by atoms with Crippen molar-refractivity contribution in [2.75, 3.05) is 6.61 Å². The van der Waals surface area contributed by atoms with Gasteiger partial charge in [-0.25, -0.2) is 9.50 Å². The molecule has 0 bridgehead atoms. The first-order valence-corrected chi connectivity index (χ1v) is 8.14. The summed E-state index contributed by atoms with van der Waals surface area (Å²) >= 11 is 0. The van der Waals surface area contributed by atoms with Crippen molar-refractivity contribution < 1.29 is 9.53 Å². The first kappa shape index (κ1) is 15.9. The number of benzene rings is 1. The van der Waals surface area contributed by atoms with E-state index in [9.17, 15) is 4.79 Å². The van der Waals surface area contributed by atoms with Gasteiger partial charge in [0.25, 0.3) is 5.91 Å². The van der Waals surface area contributed by atoms with E-state index >= 15 is 0 Å². The minimum absolute atomic E-state index is 0.152. The number of amides is 1. The van der Waals surface area contributed by atoms with Crippen molar-refractivity contribution in [3.63, 3.8) is 0 Å². The molecule has 1 aromatic carbocycles. The van der Waals surface area contributed by atoms with E-state index in [1.807, 2.05) is 47.2 Å². The van der Waals surface area contributed by atoms with Crippen molar-refractivity contribution in [3.05, 3.63) is 72.8 Å². The molecule has 0 aliphatic carbocycles. The Morgan fingerprint density at radius 2 is 2.04 bits per heavy atom. The van der Waals surface area contributed by atoms with Gasteiger partial charge in [-0.3, -0.25) is 4.79 Å². The van der Waals surface area contributed by atoms with E-state index in [-0.39, 0.29) is 6.61 Å². The number of aromatic nitrogens is 4. The quantitative estimate of drug-likeness (QED) is 0.579. The number of carbonyl (C=O) groups excluding carboxylic acids is 1. The number of carbonyl (C=O) groups is 1. The average molecular weight is 347 g/mol. The molecule has 7 heteroatoms. The van der Waals surface area contributed by atoms with E-state index in [2.05, 4.69) is 20.7 Å². The molecule has 3 heterocycles. The number of imidazole rings is 1. The van der Waals surface area contributed by atoms with Crippen molar-refractivity contribution in [3.8, 4) is 17.1 Å². The van der Waals surface area contributed by atoms with Gasteiger partial charge in [0.15, 0.2) is 6.61 Å². The van der Waals surface area contributed by atoms with E-state index in [4.69, 9.17) is 10.5 Å². The molecule has 0 saturated carbocycles. The van der Waals surface area contributed by atoms with Gasteiger partial charge in [0.1, 0.15) is 11.6 Å². The van der Waals surface area contributed by atoms with Crippen LogP contribution in [-0.4, -0.2) is 31.7 Å². The fourth-order valence-corrected chi connectivity index (χ4v) is 2.91. The molecule has 2 N–H and O–H groups in total. The van der Waals surface area contributed by atoms with Gasteiger partial charge in [-0.1, -0.05) is 18.2 Å². The van der Waals surface area contributed by atoms with Crippen LogP contribution in [0.3, 0.4) is 0 Å². The Morgan fingerprint density at radius 3 is 2.92 bits per heavy atom. The van der Waals surface area contributed by atoms with Crippen LogP contribution in [0.25, 0.3) is 16.9 Å². The second kappa shape index (κ2) is 6.72. The summed E-state index contributed by atoms with van der Waals surface area (Å²) < 4.78 is 9.30.